The Morgan fingerprint density at radius 2 is 1.80 bits per heavy atom. The standard InChI is InChI=1S/C31H31ClN4O5/c1-39-27-15-14-24(17-28(27)40-2)36-19-26(21-7-4-3-5-8-21)33-31(36)34-29(37)20-35(18-25-9-6-16-41-25)30(38)22-10-12-23(32)13-11-22/h3-5,7-8,10-15,17,19,25H,6,9,16,18,20H2,1-2H3,(H,33,34,37)/t25-/m1/s1. The summed E-state index contributed by atoms with van der Waals surface area (Å²) in [5.41, 5.74) is 2.71. The van der Waals surface area contributed by atoms with Gasteiger partial charge in [-0.2, -0.15) is 0 Å². The Kier molecular flexibility index (Phi) is 8.86. The molecule has 0 unspecified atom stereocenters. The number of nitrogens with zero attached hydrogens (tertiary/aromatic N) is 3. The fourth-order valence-electron chi connectivity index (χ4n) is 4.75. The van der Waals surface area contributed by atoms with Crippen molar-refractivity contribution in [3.05, 3.63) is 89.6 Å². The van der Waals surface area contributed by atoms with Crippen LogP contribution in [0.15, 0.2) is 79.0 Å². The van der Waals surface area contributed by atoms with E-state index >= 15 is 0 Å². The normalized spacial score (nSPS) is 14.5. The van der Waals surface area contributed by atoms with Gasteiger partial charge in [-0.3, -0.25) is 19.5 Å². The third-order valence-corrected chi connectivity index (χ3v) is 7.08. The van der Waals surface area contributed by atoms with Gasteiger partial charge in [0.2, 0.25) is 11.9 Å². The highest BCUT2D eigenvalue weighted by molar-refractivity contribution is 6.30. The number of aromatic nitrogens is 2. The van der Waals surface area contributed by atoms with Gasteiger partial charge in [0.25, 0.3) is 5.91 Å². The first-order valence-corrected chi connectivity index (χ1v) is 13.7. The smallest absolute Gasteiger partial charge is 0.254 e. The molecule has 1 aromatic heterocycles. The molecule has 9 nitrogen and oxygen atoms in total. The van der Waals surface area contributed by atoms with Crippen LogP contribution in [0.5, 0.6) is 11.5 Å². The fourth-order valence-corrected chi connectivity index (χ4v) is 4.88. The van der Waals surface area contributed by atoms with Crippen LogP contribution in [0.3, 0.4) is 0 Å². The second kappa shape index (κ2) is 12.9. The lowest BCUT2D eigenvalue weighted by atomic mass is 10.1. The second-order valence-electron chi connectivity index (χ2n) is 9.60. The average molecular weight is 575 g/mol. The molecule has 2 amide bonds. The molecule has 1 saturated heterocycles. The van der Waals surface area contributed by atoms with E-state index in [-0.39, 0.29) is 18.6 Å². The predicted molar refractivity (Wildman–Crippen MR) is 157 cm³/mol. The Balaban J connectivity index is 1.44. The molecule has 1 N–H and O–H groups in total. The number of hydrogen-bond donors (Lipinski definition) is 1. The minimum atomic E-state index is -0.391. The van der Waals surface area contributed by atoms with Gasteiger partial charge in [0.05, 0.1) is 31.7 Å². The van der Waals surface area contributed by atoms with Gasteiger partial charge in [0.15, 0.2) is 11.5 Å². The molecule has 0 aliphatic carbocycles. The lowest BCUT2D eigenvalue weighted by Crippen LogP contribution is -2.42. The average Bonchev–Trinajstić information content (AvgIpc) is 3.67. The molecule has 0 saturated carbocycles. The van der Waals surface area contributed by atoms with Crippen molar-refractivity contribution in [1.29, 1.82) is 0 Å². The van der Waals surface area contributed by atoms with Crippen molar-refractivity contribution >= 4 is 29.4 Å². The van der Waals surface area contributed by atoms with E-state index in [0.717, 1.165) is 18.4 Å². The number of imidazole rings is 1. The molecule has 1 fully saturated rings. The SMILES string of the molecule is COc1ccc(-n2cc(-c3ccccc3)nc2NC(=O)CN(C[C@H]2CCCO2)C(=O)c2ccc(Cl)cc2)cc1OC. The summed E-state index contributed by atoms with van der Waals surface area (Å²) in [4.78, 5) is 33.2. The topological polar surface area (TPSA) is 94.9 Å². The molecule has 3 aromatic carbocycles. The molecular weight excluding hydrogens is 544 g/mol. The first-order chi connectivity index (χ1) is 19.9. The van der Waals surface area contributed by atoms with Crippen LogP contribution in [0.4, 0.5) is 5.95 Å². The summed E-state index contributed by atoms with van der Waals surface area (Å²) >= 11 is 6.02. The van der Waals surface area contributed by atoms with Crippen LogP contribution in [-0.2, 0) is 9.53 Å². The number of carbonyl (C=O) groups excluding carboxylic acids is 2. The van der Waals surface area contributed by atoms with Crippen LogP contribution < -0.4 is 14.8 Å². The molecule has 0 spiro atoms. The van der Waals surface area contributed by atoms with E-state index in [2.05, 4.69) is 5.32 Å². The highest BCUT2D eigenvalue weighted by atomic mass is 35.5. The molecule has 5 rings (SSSR count). The van der Waals surface area contributed by atoms with Crippen LogP contribution in [0.2, 0.25) is 5.02 Å². The summed E-state index contributed by atoms with van der Waals surface area (Å²) < 4.78 is 18.4. The van der Waals surface area contributed by atoms with Crippen molar-refractivity contribution in [3.8, 4) is 28.4 Å². The number of benzene rings is 3. The fraction of sp³-hybridized carbons (Fsp3) is 0.258. The molecule has 2 heterocycles. The van der Waals surface area contributed by atoms with E-state index in [1.54, 1.807) is 55.2 Å². The highest BCUT2D eigenvalue weighted by Crippen LogP contribution is 2.32. The lowest BCUT2D eigenvalue weighted by Gasteiger charge is -2.25. The molecular formula is C31H31ClN4O5. The molecule has 1 atom stereocenters. The van der Waals surface area contributed by atoms with Gasteiger partial charge in [-0.05, 0) is 49.2 Å². The van der Waals surface area contributed by atoms with Gasteiger partial charge in [0, 0.05) is 41.6 Å². The summed E-state index contributed by atoms with van der Waals surface area (Å²) in [6, 6.07) is 21.7. The zero-order chi connectivity index (χ0) is 28.8. The van der Waals surface area contributed by atoms with Crippen molar-refractivity contribution in [1.82, 2.24) is 14.5 Å². The maximum Gasteiger partial charge on any atom is 0.254 e. The number of hydrogen-bond acceptors (Lipinski definition) is 6. The molecule has 10 heteroatoms. The van der Waals surface area contributed by atoms with Crippen LogP contribution in [-0.4, -0.2) is 66.3 Å². The monoisotopic (exact) mass is 574 g/mol. The molecule has 41 heavy (non-hydrogen) atoms. The van der Waals surface area contributed by atoms with Crippen LogP contribution in [0.25, 0.3) is 16.9 Å². The molecule has 1 aliphatic rings. The number of amides is 2. The van der Waals surface area contributed by atoms with Gasteiger partial charge in [0.1, 0.15) is 6.54 Å². The Morgan fingerprint density at radius 1 is 1.05 bits per heavy atom. The van der Waals surface area contributed by atoms with Gasteiger partial charge in [-0.1, -0.05) is 41.9 Å². The largest absolute Gasteiger partial charge is 0.493 e. The number of anilines is 1. The van der Waals surface area contributed by atoms with Crippen molar-refractivity contribution in [2.24, 2.45) is 0 Å². The molecule has 1 aliphatic heterocycles. The number of halogens is 1. The summed E-state index contributed by atoms with van der Waals surface area (Å²) in [7, 11) is 3.13. The number of nitrogens with one attached hydrogen (secondary N) is 1. The minimum Gasteiger partial charge on any atom is -0.493 e. The van der Waals surface area contributed by atoms with Crippen molar-refractivity contribution in [3.63, 3.8) is 0 Å². The van der Waals surface area contributed by atoms with E-state index < -0.39 is 5.91 Å². The Labute approximate surface area is 243 Å². The van der Waals surface area contributed by atoms with Crippen LogP contribution in [0, 0.1) is 0 Å². The first-order valence-electron chi connectivity index (χ1n) is 13.3. The number of carbonyl (C=O) groups is 2. The third kappa shape index (κ3) is 6.70. The van der Waals surface area contributed by atoms with E-state index in [1.165, 1.54) is 4.90 Å². The minimum absolute atomic E-state index is 0.127. The zero-order valence-electron chi connectivity index (χ0n) is 22.9. The Hall–Kier alpha value is -4.34. The highest BCUT2D eigenvalue weighted by Gasteiger charge is 2.26. The molecule has 212 valence electrons. The number of ether oxygens (including phenoxy) is 3. The quantitative estimate of drug-likeness (QED) is 0.270. The summed E-state index contributed by atoms with van der Waals surface area (Å²) in [5, 5.41) is 3.45. The molecule has 4 aromatic rings. The summed E-state index contributed by atoms with van der Waals surface area (Å²) in [6.45, 7) is 0.764. The van der Waals surface area contributed by atoms with Gasteiger partial charge >= 0.3 is 0 Å². The van der Waals surface area contributed by atoms with Crippen molar-refractivity contribution in [2.75, 3.05) is 39.2 Å². The maximum atomic E-state index is 13.5. The van der Waals surface area contributed by atoms with Gasteiger partial charge < -0.3 is 19.1 Å². The van der Waals surface area contributed by atoms with Gasteiger partial charge in [-0.25, -0.2) is 4.98 Å². The molecule has 0 bridgehead atoms. The number of methoxy groups -OCH3 is 2. The van der Waals surface area contributed by atoms with Crippen molar-refractivity contribution < 1.29 is 23.8 Å². The zero-order valence-corrected chi connectivity index (χ0v) is 23.6. The van der Waals surface area contributed by atoms with E-state index in [1.807, 2.05) is 42.6 Å². The third-order valence-electron chi connectivity index (χ3n) is 6.83. The van der Waals surface area contributed by atoms with E-state index in [4.69, 9.17) is 30.8 Å². The van der Waals surface area contributed by atoms with Crippen LogP contribution in [0.1, 0.15) is 23.2 Å². The summed E-state index contributed by atoms with van der Waals surface area (Å²) in [5.74, 6) is 0.749. The van der Waals surface area contributed by atoms with E-state index in [0.29, 0.717) is 52.6 Å². The van der Waals surface area contributed by atoms with Gasteiger partial charge in [-0.15, -0.1) is 0 Å². The van der Waals surface area contributed by atoms with Crippen molar-refractivity contribution in [2.45, 2.75) is 18.9 Å². The molecule has 0 radical (unpaired) electrons. The summed E-state index contributed by atoms with van der Waals surface area (Å²) in [6.07, 6.45) is 3.47. The second-order valence-corrected chi connectivity index (χ2v) is 10.0. The lowest BCUT2D eigenvalue weighted by molar-refractivity contribution is -0.117. The Morgan fingerprint density at radius 3 is 2.49 bits per heavy atom. The first kappa shape index (κ1) is 28.2. The predicted octanol–water partition coefficient (Wildman–Crippen LogP) is 5.47. The van der Waals surface area contributed by atoms with Crippen LogP contribution >= 0.6 is 11.6 Å². The number of rotatable bonds is 10. The Bertz CT molecular complexity index is 1500. The van der Waals surface area contributed by atoms with E-state index in [9.17, 15) is 9.59 Å². The maximum absolute atomic E-state index is 13.5.